The van der Waals surface area contributed by atoms with Crippen LogP contribution in [0.5, 0.6) is 0 Å². The molecule has 0 unspecified atom stereocenters. The molecule has 2 aromatic rings. The summed E-state index contributed by atoms with van der Waals surface area (Å²) in [5.74, 6) is 0.480. The molecule has 3 rings (SSSR count). The number of nitrogens with zero attached hydrogens (tertiary/aromatic N) is 4. The lowest BCUT2D eigenvalue weighted by molar-refractivity contribution is 0.269. The fourth-order valence-corrected chi connectivity index (χ4v) is 3.36. The monoisotopic (exact) mass is 380 g/mol. The highest BCUT2D eigenvalue weighted by Crippen LogP contribution is 2.10. The minimum Gasteiger partial charge on any atom is -0.370 e. The molecule has 1 aromatic carbocycles. The Balaban J connectivity index is 1.41. The van der Waals surface area contributed by atoms with Gasteiger partial charge in [0.05, 0.1) is 6.54 Å². The molecule has 1 aliphatic heterocycles. The number of benzene rings is 1. The molecule has 1 aliphatic rings. The van der Waals surface area contributed by atoms with E-state index < -0.39 is 0 Å². The van der Waals surface area contributed by atoms with E-state index in [1.807, 2.05) is 24.4 Å². The Bertz CT molecular complexity index is 728. The van der Waals surface area contributed by atoms with Gasteiger partial charge in [0.2, 0.25) is 0 Å². The molecule has 1 aromatic heterocycles. The van der Waals surface area contributed by atoms with Crippen LogP contribution in [0.25, 0.3) is 0 Å². The Morgan fingerprint density at radius 1 is 1.07 bits per heavy atom. The first-order valence-corrected chi connectivity index (χ1v) is 10.1. The lowest BCUT2D eigenvalue weighted by Gasteiger charge is -2.20. The predicted octanol–water partition coefficient (Wildman–Crippen LogP) is 1.87. The number of nitrogens with one attached hydrogen (secondary N) is 1. The van der Waals surface area contributed by atoms with Crippen LogP contribution in [0.3, 0.4) is 0 Å². The van der Waals surface area contributed by atoms with Gasteiger partial charge >= 0.3 is 0 Å². The molecule has 0 spiro atoms. The second-order valence-electron chi connectivity index (χ2n) is 7.45. The van der Waals surface area contributed by atoms with Gasteiger partial charge in [-0.15, -0.1) is 0 Å². The third-order valence-electron chi connectivity index (χ3n) is 5.09. The molecule has 3 N–H and O–H groups in total. The van der Waals surface area contributed by atoms with Gasteiger partial charge in [0, 0.05) is 44.5 Å². The summed E-state index contributed by atoms with van der Waals surface area (Å²) >= 11 is 0. The van der Waals surface area contributed by atoms with E-state index in [2.05, 4.69) is 56.4 Å². The standard InChI is InChI=1S/C22H32N6/c1-27-13-4-14-28(16-15-27)18-20-8-6-19(7-9-20)17-26-22(23)25-12-10-21-5-2-3-11-24-21/h2-3,5-9,11H,4,10,12-18H2,1H3,(H3,23,25,26). The summed E-state index contributed by atoms with van der Waals surface area (Å²) in [6.45, 7) is 7.02. The van der Waals surface area contributed by atoms with Gasteiger partial charge in [-0.1, -0.05) is 30.3 Å². The van der Waals surface area contributed by atoms with Crippen LogP contribution in [-0.2, 0) is 19.5 Å². The van der Waals surface area contributed by atoms with Crippen LogP contribution in [0.15, 0.2) is 53.7 Å². The summed E-state index contributed by atoms with van der Waals surface area (Å²) < 4.78 is 0. The molecule has 1 fully saturated rings. The quantitative estimate of drug-likeness (QED) is 0.567. The third kappa shape index (κ3) is 6.94. The molecule has 28 heavy (non-hydrogen) atoms. The molecular formula is C22H32N6. The van der Waals surface area contributed by atoms with Gasteiger partial charge < -0.3 is 16.0 Å². The molecule has 0 amide bonds. The van der Waals surface area contributed by atoms with Crippen molar-refractivity contribution in [3.63, 3.8) is 0 Å². The number of nitrogens with two attached hydrogens (primary N) is 1. The summed E-state index contributed by atoms with van der Waals surface area (Å²) in [5.41, 5.74) is 9.56. The normalized spacial score (nSPS) is 16.7. The summed E-state index contributed by atoms with van der Waals surface area (Å²) in [5, 5.41) is 3.15. The molecule has 0 aliphatic carbocycles. The largest absolute Gasteiger partial charge is 0.370 e. The second kappa shape index (κ2) is 10.8. The lowest BCUT2D eigenvalue weighted by atomic mass is 10.1. The Morgan fingerprint density at radius 3 is 2.68 bits per heavy atom. The van der Waals surface area contributed by atoms with E-state index in [-0.39, 0.29) is 0 Å². The van der Waals surface area contributed by atoms with E-state index in [4.69, 9.17) is 5.73 Å². The van der Waals surface area contributed by atoms with Gasteiger partial charge in [-0.2, -0.15) is 0 Å². The van der Waals surface area contributed by atoms with Crippen molar-refractivity contribution in [2.75, 3.05) is 39.8 Å². The fourth-order valence-electron chi connectivity index (χ4n) is 3.36. The first-order valence-electron chi connectivity index (χ1n) is 10.1. The molecule has 150 valence electrons. The van der Waals surface area contributed by atoms with E-state index in [1.54, 1.807) is 0 Å². The number of aliphatic imine (C=N–C) groups is 1. The van der Waals surface area contributed by atoms with Crippen molar-refractivity contribution < 1.29 is 0 Å². The number of rotatable bonds is 7. The number of hydrogen-bond acceptors (Lipinski definition) is 4. The van der Waals surface area contributed by atoms with Crippen molar-refractivity contribution in [1.29, 1.82) is 0 Å². The molecule has 0 radical (unpaired) electrons. The van der Waals surface area contributed by atoms with Crippen LogP contribution in [0.1, 0.15) is 23.2 Å². The highest BCUT2D eigenvalue weighted by atomic mass is 15.2. The molecule has 6 nitrogen and oxygen atoms in total. The molecule has 0 bridgehead atoms. The van der Waals surface area contributed by atoms with Crippen LogP contribution in [0.4, 0.5) is 0 Å². The average molecular weight is 381 g/mol. The van der Waals surface area contributed by atoms with Crippen LogP contribution < -0.4 is 11.1 Å². The fraction of sp³-hybridized carbons (Fsp3) is 0.455. The van der Waals surface area contributed by atoms with Gasteiger partial charge in [0.1, 0.15) is 0 Å². The maximum atomic E-state index is 5.97. The number of hydrogen-bond donors (Lipinski definition) is 2. The van der Waals surface area contributed by atoms with Crippen molar-refractivity contribution in [1.82, 2.24) is 20.1 Å². The Labute approximate surface area is 168 Å². The molecule has 6 heteroatoms. The number of aromatic nitrogens is 1. The van der Waals surface area contributed by atoms with Crippen LogP contribution >= 0.6 is 0 Å². The van der Waals surface area contributed by atoms with E-state index in [0.29, 0.717) is 12.5 Å². The lowest BCUT2D eigenvalue weighted by Crippen LogP contribution is -2.33. The summed E-state index contributed by atoms with van der Waals surface area (Å²) in [7, 11) is 2.21. The van der Waals surface area contributed by atoms with E-state index in [0.717, 1.165) is 38.3 Å². The Morgan fingerprint density at radius 2 is 1.89 bits per heavy atom. The van der Waals surface area contributed by atoms with Gasteiger partial charge in [0.15, 0.2) is 5.96 Å². The highest BCUT2D eigenvalue weighted by Gasteiger charge is 2.12. The topological polar surface area (TPSA) is 69.8 Å². The number of guanidine groups is 1. The summed E-state index contributed by atoms with van der Waals surface area (Å²) in [4.78, 5) is 13.7. The first-order chi connectivity index (χ1) is 13.7. The van der Waals surface area contributed by atoms with Crippen LogP contribution in [-0.4, -0.2) is 60.5 Å². The smallest absolute Gasteiger partial charge is 0.188 e. The Kier molecular flexibility index (Phi) is 7.82. The Hall–Kier alpha value is -2.44. The number of pyridine rings is 1. The molecule has 1 saturated heterocycles. The highest BCUT2D eigenvalue weighted by molar-refractivity contribution is 5.77. The van der Waals surface area contributed by atoms with Crippen LogP contribution in [0, 0.1) is 0 Å². The molecule has 0 saturated carbocycles. The van der Waals surface area contributed by atoms with E-state index in [1.165, 1.54) is 30.6 Å². The van der Waals surface area contributed by atoms with Crippen molar-refractivity contribution in [2.45, 2.75) is 25.9 Å². The van der Waals surface area contributed by atoms with Gasteiger partial charge in [-0.05, 0) is 49.8 Å². The average Bonchev–Trinajstić information content (AvgIpc) is 2.92. The summed E-state index contributed by atoms with van der Waals surface area (Å²) in [6, 6.07) is 14.7. The minimum atomic E-state index is 0.480. The molecule has 2 heterocycles. The molecular weight excluding hydrogens is 348 g/mol. The summed E-state index contributed by atoms with van der Waals surface area (Å²) in [6.07, 6.45) is 3.88. The minimum absolute atomic E-state index is 0.480. The van der Waals surface area contributed by atoms with Crippen molar-refractivity contribution in [3.8, 4) is 0 Å². The van der Waals surface area contributed by atoms with Crippen LogP contribution in [0.2, 0.25) is 0 Å². The van der Waals surface area contributed by atoms with Gasteiger partial charge in [-0.25, -0.2) is 4.99 Å². The van der Waals surface area contributed by atoms with E-state index in [9.17, 15) is 0 Å². The zero-order chi connectivity index (χ0) is 19.6. The zero-order valence-corrected chi connectivity index (χ0v) is 16.8. The van der Waals surface area contributed by atoms with Gasteiger partial charge in [0.25, 0.3) is 0 Å². The maximum Gasteiger partial charge on any atom is 0.188 e. The first kappa shape index (κ1) is 20.3. The van der Waals surface area contributed by atoms with Crippen molar-refractivity contribution in [3.05, 3.63) is 65.5 Å². The van der Waals surface area contributed by atoms with E-state index >= 15 is 0 Å². The predicted molar refractivity (Wildman–Crippen MR) is 115 cm³/mol. The molecule has 0 atom stereocenters. The van der Waals surface area contributed by atoms with Crippen molar-refractivity contribution in [2.24, 2.45) is 10.7 Å². The zero-order valence-electron chi connectivity index (χ0n) is 16.8. The van der Waals surface area contributed by atoms with Gasteiger partial charge in [-0.3, -0.25) is 9.88 Å². The number of likely N-dealkylation sites (N-methyl/N-ethyl adjacent to an activating group) is 1. The van der Waals surface area contributed by atoms with Crippen molar-refractivity contribution >= 4 is 5.96 Å². The third-order valence-corrected chi connectivity index (χ3v) is 5.09. The maximum absolute atomic E-state index is 5.97. The SMILES string of the molecule is CN1CCCN(Cc2ccc(CN=C(N)NCCc3ccccn3)cc2)CC1. The second-order valence-corrected chi connectivity index (χ2v) is 7.45.